The van der Waals surface area contributed by atoms with Crippen molar-refractivity contribution in [2.24, 2.45) is 0 Å². The van der Waals surface area contributed by atoms with Gasteiger partial charge in [-0.1, -0.05) is 11.8 Å². The number of carbonyl (C=O) groups excluding carboxylic acids is 3. The van der Waals surface area contributed by atoms with Crippen LogP contribution in [0.25, 0.3) is 0 Å². The largest absolute Gasteiger partial charge is 0.445 e. The Kier molecular flexibility index (Phi) is 7.13. The molecule has 2 amide bonds. The molecule has 31 heavy (non-hydrogen) atoms. The second kappa shape index (κ2) is 9.62. The molecule has 0 saturated carbocycles. The van der Waals surface area contributed by atoms with Crippen LogP contribution in [-0.4, -0.2) is 85.2 Å². The van der Waals surface area contributed by atoms with Crippen molar-refractivity contribution in [3.05, 3.63) is 39.9 Å². The summed E-state index contributed by atoms with van der Waals surface area (Å²) in [6.45, 7) is 1.34. The molecule has 2 fully saturated rings. The van der Waals surface area contributed by atoms with Crippen LogP contribution in [0.2, 0.25) is 0 Å². The average molecular weight is 453 g/mol. The molecule has 2 heterocycles. The number of likely N-dealkylation sites (tertiary alicyclic amines) is 2. The van der Waals surface area contributed by atoms with E-state index in [1.807, 2.05) is 0 Å². The fraction of sp³-hybridized carbons (Fsp3) is 0.526. The molecule has 12 heteroatoms. The number of rotatable bonds is 5. The standard InChI is InChI=1S/C19H23N3O8S/c1-11(23)31-14-6-15(18(26)20-8-16(24)17(25)9-20)21(7-14)19(27)30-10-12-2-4-13(5-3-12)22(28)29/h2-5,14-17,24-25H,6-10H2,1H3/t14-,15-,16+,17+/m0/s1. The van der Waals surface area contributed by atoms with Crippen LogP contribution < -0.4 is 0 Å². The number of benzene rings is 1. The van der Waals surface area contributed by atoms with E-state index in [-0.39, 0.29) is 48.7 Å². The second-order valence-electron chi connectivity index (χ2n) is 7.49. The predicted octanol–water partition coefficient (Wildman–Crippen LogP) is 0.518. The van der Waals surface area contributed by atoms with E-state index in [2.05, 4.69) is 0 Å². The molecular formula is C19H23N3O8S. The molecule has 3 rings (SSSR count). The van der Waals surface area contributed by atoms with Gasteiger partial charge in [-0.3, -0.25) is 24.6 Å². The van der Waals surface area contributed by atoms with Crippen LogP contribution in [0.3, 0.4) is 0 Å². The van der Waals surface area contributed by atoms with Crippen molar-refractivity contribution in [3.63, 3.8) is 0 Å². The lowest BCUT2D eigenvalue weighted by atomic mass is 10.2. The highest BCUT2D eigenvalue weighted by molar-refractivity contribution is 8.14. The number of nitrogens with zero attached hydrogens (tertiary/aromatic N) is 3. The molecule has 2 aliphatic rings. The maximum Gasteiger partial charge on any atom is 0.410 e. The van der Waals surface area contributed by atoms with Gasteiger partial charge in [0, 0.05) is 43.9 Å². The Morgan fingerprint density at radius 2 is 1.77 bits per heavy atom. The summed E-state index contributed by atoms with van der Waals surface area (Å²) in [5.74, 6) is -0.422. The van der Waals surface area contributed by atoms with Crippen molar-refractivity contribution >= 4 is 34.6 Å². The van der Waals surface area contributed by atoms with Gasteiger partial charge in [0.05, 0.1) is 17.1 Å². The Morgan fingerprint density at radius 1 is 1.16 bits per heavy atom. The van der Waals surface area contributed by atoms with Crippen LogP contribution >= 0.6 is 11.8 Å². The molecule has 1 aromatic carbocycles. The van der Waals surface area contributed by atoms with Gasteiger partial charge in [-0.2, -0.15) is 0 Å². The van der Waals surface area contributed by atoms with Crippen molar-refractivity contribution < 1.29 is 34.3 Å². The zero-order valence-corrected chi connectivity index (χ0v) is 17.6. The Bertz CT molecular complexity index is 854. The molecule has 0 aromatic heterocycles. The minimum atomic E-state index is -1.05. The van der Waals surface area contributed by atoms with Crippen LogP contribution in [0.1, 0.15) is 18.9 Å². The smallest absolute Gasteiger partial charge is 0.410 e. The number of aliphatic hydroxyl groups is 2. The van der Waals surface area contributed by atoms with Gasteiger partial charge in [-0.05, 0) is 24.1 Å². The van der Waals surface area contributed by atoms with Crippen molar-refractivity contribution in [1.29, 1.82) is 0 Å². The summed E-state index contributed by atoms with van der Waals surface area (Å²) in [6.07, 6.45) is -2.59. The molecule has 2 aliphatic heterocycles. The molecule has 0 radical (unpaired) electrons. The molecular weight excluding hydrogens is 430 g/mol. The van der Waals surface area contributed by atoms with Gasteiger partial charge in [-0.25, -0.2) is 4.79 Å². The van der Waals surface area contributed by atoms with Crippen LogP contribution in [0.5, 0.6) is 0 Å². The number of non-ortho nitro benzene ring substituents is 1. The molecule has 0 spiro atoms. The molecule has 1 aromatic rings. The lowest BCUT2D eigenvalue weighted by Crippen LogP contribution is -2.47. The number of nitro groups is 1. The third kappa shape index (κ3) is 5.51. The van der Waals surface area contributed by atoms with Gasteiger partial charge < -0.3 is 19.8 Å². The molecule has 0 aliphatic carbocycles. The Labute approximate surface area is 182 Å². The van der Waals surface area contributed by atoms with Gasteiger partial charge >= 0.3 is 6.09 Å². The molecule has 0 unspecified atom stereocenters. The SMILES string of the molecule is CC(=O)S[C@H]1C[C@@H](C(=O)N2C[C@@H](O)[C@H](O)C2)N(C(=O)OCc2ccc([N+](=O)[O-])cc2)C1. The summed E-state index contributed by atoms with van der Waals surface area (Å²) >= 11 is 1.05. The number of amides is 2. The summed E-state index contributed by atoms with van der Waals surface area (Å²) in [6, 6.07) is 4.67. The second-order valence-corrected chi connectivity index (χ2v) is 8.97. The number of aliphatic hydroxyl groups excluding tert-OH is 2. The predicted molar refractivity (Wildman–Crippen MR) is 109 cm³/mol. The van der Waals surface area contributed by atoms with Crippen LogP contribution in [0, 0.1) is 10.1 Å². The lowest BCUT2D eigenvalue weighted by molar-refractivity contribution is -0.384. The Balaban J connectivity index is 1.67. The van der Waals surface area contributed by atoms with Crippen molar-refractivity contribution in [2.45, 2.75) is 43.5 Å². The first kappa shape index (κ1) is 23.0. The van der Waals surface area contributed by atoms with E-state index < -0.39 is 35.2 Å². The molecule has 2 saturated heterocycles. The van der Waals surface area contributed by atoms with Crippen molar-refractivity contribution in [2.75, 3.05) is 19.6 Å². The Hall–Kier alpha value is -2.70. The summed E-state index contributed by atoms with van der Waals surface area (Å²) in [5, 5.41) is 29.8. The number of hydrogen-bond donors (Lipinski definition) is 2. The van der Waals surface area contributed by atoms with Crippen molar-refractivity contribution in [3.8, 4) is 0 Å². The van der Waals surface area contributed by atoms with E-state index in [1.54, 1.807) is 0 Å². The van der Waals surface area contributed by atoms with E-state index in [0.29, 0.717) is 5.56 Å². The number of nitro benzene ring substituents is 1. The van der Waals surface area contributed by atoms with Crippen LogP contribution in [0.4, 0.5) is 10.5 Å². The highest BCUT2D eigenvalue weighted by atomic mass is 32.2. The minimum absolute atomic E-state index is 0.0350. The van der Waals surface area contributed by atoms with Gasteiger partial charge in [0.15, 0.2) is 5.12 Å². The molecule has 0 bridgehead atoms. The van der Waals surface area contributed by atoms with E-state index >= 15 is 0 Å². The first-order valence-electron chi connectivity index (χ1n) is 9.64. The monoisotopic (exact) mass is 453 g/mol. The molecule has 2 N–H and O–H groups in total. The number of carbonyl (C=O) groups is 3. The summed E-state index contributed by atoms with van der Waals surface area (Å²) in [5.41, 5.74) is 0.459. The van der Waals surface area contributed by atoms with Gasteiger partial charge in [-0.15, -0.1) is 0 Å². The summed E-state index contributed by atoms with van der Waals surface area (Å²) in [7, 11) is 0. The van der Waals surface area contributed by atoms with Gasteiger partial charge in [0.1, 0.15) is 12.6 Å². The lowest BCUT2D eigenvalue weighted by Gasteiger charge is -2.27. The quantitative estimate of drug-likeness (QED) is 0.480. The fourth-order valence-electron chi connectivity index (χ4n) is 3.66. The topological polar surface area (TPSA) is 151 Å². The zero-order valence-electron chi connectivity index (χ0n) is 16.7. The van der Waals surface area contributed by atoms with E-state index in [9.17, 15) is 34.7 Å². The minimum Gasteiger partial charge on any atom is -0.445 e. The molecule has 168 valence electrons. The average Bonchev–Trinajstić information content (AvgIpc) is 3.28. The van der Waals surface area contributed by atoms with Crippen molar-refractivity contribution in [1.82, 2.24) is 9.80 Å². The molecule has 11 nitrogen and oxygen atoms in total. The third-order valence-electron chi connectivity index (χ3n) is 5.20. The highest BCUT2D eigenvalue weighted by Crippen LogP contribution is 2.30. The van der Waals surface area contributed by atoms with Gasteiger partial charge in [0.25, 0.3) is 5.69 Å². The molecule has 4 atom stereocenters. The number of thioether (sulfide) groups is 1. The van der Waals surface area contributed by atoms with E-state index in [4.69, 9.17) is 4.74 Å². The third-order valence-corrected chi connectivity index (χ3v) is 6.20. The van der Waals surface area contributed by atoms with E-state index in [1.165, 1.54) is 41.0 Å². The number of hydrogen-bond acceptors (Lipinski definition) is 9. The van der Waals surface area contributed by atoms with E-state index in [0.717, 1.165) is 11.8 Å². The zero-order chi connectivity index (χ0) is 22.7. The normalized spacial score (nSPS) is 25.5. The summed E-state index contributed by atoms with van der Waals surface area (Å²) in [4.78, 5) is 49.9. The first-order chi connectivity index (χ1) is 14.7. The number of ether oxygens (including phenoxy) is 1. The summed E-state index contributed by atoms with van der Waals surface area (Å²) < 4.78 is 5.30. The van der Waals surface area contributed by atoms with Crippen LogP contribution in [-0.2, 0) is 20.9 Å². The number of β-amino-alcohol motifs (C(OH)–C–C–N with tert-alkyl or cyclic N) is 2. The first-order valence-corrected chi connectivity index (χ1v) is 10.5. The Morgan fingerprint density at radius 3 is 2.32 bits per heavy atom. The van der Waals surface area contributed by atoms with Crippen LogP contribution in [0.15, 0.2) is 24.3 Å². The maximum atomic E-state index is 13.0. The maximum absolute atomic E-state index is 13.0. The fourth-order valence-corrected chi connectivity index (χ4v) is 4.64. The van der Waals surface area contributed by atoms with Gasteiger partial charge in [0.2, 0.25) is 5.91 Å². The highest BCUT2D eigenvalue weighted by Gasteiger charge is 2.45.